The van der Waals surface area contributed by atoms with Crippen LogP contribution in [0.25, 0.3) is 22.7 Å². The molecular formula is C19H17N3O2. The molecule has 0 unspecified atom stereocenters. The Balaban J connectivity index is 2.17. The molecule has 0 radical (unpaired) electrons. The van der Waals surface area contributed by atoms with Gasteiger partial charge in [0.15, 0.2) is 17.3 Å². The number of aromatic nitrogens is 2. The summed E-state index contributed by atoms with van der Waals surface area (Å²) in [4.78, 5) is 4.58. The van der Waals surface area contributed by atoms with E-state index in [-0.39, 0.29) is 0 Å². The Morgan fingerprint density at radius 2 is 1.92 bits per heavy atom. The fraction of sp³-hybridized carbons (Fsp3) is 0.158. The van der Waals surface area contributed by atoms with Crippen molar-refractivity contribution >= 4 is 22.7 Å². The van der Waals surface area contributed by atoms with Crippen LogP contribution in [-0.4, -0.2) is 23.8 Å². The number of methoxy groups -OCH3 is 2. The summed E-state index contributed by atoms with van der Waals surface area (Å²) < 4.78 is 12.7. The molecule has 0 bridgehead atoms. The summed E-state index contributed by atoms with van der Waals surface area (Å²) in [5.74, 6) is 1.82. The van der Waals surface area contributed by atoms with Crippen LogP contribution in [0.2, 0.25) is 0 Å². The Labute approximate surface area is 140 Å². The number of hydrogen-bond donors (Lipinski definition) is 0. The van der Waals surface area contributed by atoms with E-state index in [4.69, 9.17) is 9.47 Å². The number of fused-ring (bicyclic) bond motifs is 1. The quantitative estimate of drug-likeness (QED) is 0.689. The number of benzene rings is 2. The summed E-state index contributed by atoms with van der Waals surface area (Å²) in [6, 6.07) is 15.6. The predicted molar refractivity (Wildman–Crippen MR) is 93.7 cm³/mol. The molecule has 0 aliphatic carbocycles. The van der Waals surface area contributed by atoms with Gasteiger partial charge in [-0.25, -0.2) is 4.98 Å². The van der Waals surface area contributed by atoms with Crippen molar-refractivity contribution in [3.63, 3.8) is 0 Å². The average molecular weight is 319 g/mol. The van der Waals surface area contributed by atoms with Crippen molar-refractivity contribution in [2.45, 2.75) is 0 Å². The maximum absolute atomic E-state index is 9.64. The van der Waals surface area contributed by atoms with Crippen molar-refractivity contribution in [1.82, 2.24) is 9.55 Å². The lowest BCUT2D eigenvalue weighted by atomic mass is 10.1. The van der Waals surface area contributed by atoms with Gasteiger partial charge in [0.2, 0.25) is 0 Å². The number of imidazole rings is 1. The van der Waals surface area contributed by atoms with Crippen LogP contribution in [0.5, 0.6) is 11.5 Å². The molecule has 0 aliphatic heterocycles. The first-order chi connectivity index (χ1) is 11.7. The molecule has 2 aromatic carbocycles. The molecule has 5 nitrogen and oxygen atoms in total. The van der Waals surface area contributed by atoms with Crippen molar-refractivity contribution in [2.75, 3.05) is 14.2 Å². The molecule has 0 spiro atoms. The molecule has 5 heteroatoms. The van der Waals surface area contributed by atoms with E-state index in [0.717, 1.165) is 16.6 Å². The van der Waals surface area contributed by atoms with Gasteiger partial charge in [0.1, 0.15) is 6.07 Å². The molecule has 0 atom stereocenters. The van der Waals surface area contributed by atoms with Gasteiger partial charge in [0.25, 0.3) is 0 Å². The third-order valence-electron chi connectivity index (χ3n) is 3.88. The highest BCUT2D eigenvalue weighted by Crippen LogP contribution is 2.33. The van der Waals surface area contributed by atoms with Gasteiger partial charge in [-0.2, -0.15) is 5.26 Å². The van der Waals surface area contributed by atoms with Crippen LogP contribution in [0.4, 0.5) is 0 Å². The van der Waals surface area contributed by atoms with Crippen LogP contribution in [0, 0.1) is 11.3 Å². The van der Waals surface area contributed by atoms with Crippen LogP contribution >= 0.6 is 0 Å². The predicted octanol–water partition coefficient (Wildman–Crippen LogP) is 3.65. The highest BCUT2D eigenvalue weighted by Gasteiger charge is 2.14. The SMILES string of the molecule is COc1cccc(/C=C(/C#N)c2nc3ccccc3n2C)c1OC. The second kappa shape index (κ2) is 6.47. The molecular weight excluding hydrogens is 302 g/mol. The lowest BCUT2D eigenvalue weighted by Crippen LogP contribution is -1.97. The van der Waals surface area contributed by atoms with E-state index in [1.54, 1.807) is 20.3 Å². The van der Waals surface area contributed by atoms with Crippen LogP contribution in [0.1, 0.15) is 11.4 Å². The summed E-state index contributed by atoms with van der Waals surface area (Å²) in [7, 11) is 5.07. The van der Waals surface area contributed by atoms with Gasteiger partial charge < -0.3 is 14.0 Å². The van der Waals surface area contributed by atoms with E-state index >= 15 is 0 Å². The minimum Gasteiger partial charge on any atom is -0.493 e. The molecule has 3 rings (SSSR count). The minimum absolute atomic E-state index is 0.459. The second-order valence-corrected chi connectivity index (χ2v) is 5.24. The summed E-state index contributed by atoms with van der Waals surface area (Å²) in [5.41, 5.74) is 3.06. The molecule has 120 valence electrons. The average Bonchev–Trinajstić information content (AvgIpc) is 2.96. The Morgan fingerprint density at radius 1 is 1.12 bits per heavy atom. The van der Waals surface area contributed by atoms with Crippen LogP contribution < -0.4 is 9.47 Å². The normalized spacial score (nSPS) is 11.3. The molecule has 0 saturated heterocycles. The second-order valence-electron chi connectivity index (χ2n) is 5.24. The number of nitriles is 1. The molecule has 1 aromatic heterocycles. The zero-order chi connectivity index (χ0) is 17.1. The van der Waals surface area contributed by atoms with Gasteiger partial charge in [-0.15, -0.1) is 0 Å². The smallest absolute Gasteiger partial charge is 0.167 e. The fourth-order valence-corrected chi connectivity index (χ4v) is 2.71. The Hall–Kier alpha value is -3.26. The van der Waals surface area contributed by atoms with Crippen molar-refractivity contribution in [1.29, 1.82) is 5.26 Å². The number of allylic oxidation sites excluding steroid dienone is 1. The minimum atomic E-state index is 0.459. The highest BCUT2D eigenvalue weighted by atomic mass is 16.5. The molecule has 0 fully saturated rings. The highest BCUT2D eigenvalue weighted by molar-refractivity contribution is 5.92. The van der Waals surface area contributed by atoms with E-state index in [0.29, 0.717) is 22.9 Å². The number of nitrogens with zero attached hydrogens (tertiary/aromatic N) is 3. The number of aryl methyl sites for hydroxylation is 1. The maximum atomic E-state index is 9.64. The molecule has 0 aliphatic rings. The largest absolute Gasteiger partial charge is 0.493 e. The molecule has 1 heterocycles. The van der Waals surface area contributed by atoms with E-state index < -0.39 is 0 Å². The fourth-order valence-electron chi connectivity index (χ4n) is 2.71. The molecule has 3 aromatic rings. The van der Waals surface area contributed by atoms with Crippen molar-refractivity contribution in [2.24, 2.45) is 7.05 Å². The third kappa shape index (κ3) is 2.59. The third-order valence-corrected chi connectivity index (χ3v) is 3.88. The van der Waals surface area contributed by atoms with Gasteiger partial charge in [0, 0.05) is 12.6 Å². The van der Waals surface area contributed by atoms with Gasteiger partial charge in [0.05, 0.1) is 30.8 Å². The summed E-state index contributed by atoms with van der Waals surface area (Å²) in [6.07, 6.45) is 1.77. The van der Waals surface area contributed by atoms with Gasteiger partial charge in [-0.1, -0.05) is 24.3 Å². The zero-order valence-corrected chi connectivity index (χ0v) is 13.8. The first kappa shape index (κ1) is 15.6. The molecule has 24 heavy (non-hydrogen) atoms. The Morgan fingerprint density at radius 3 is 2.58 bits per heavy atom. The van der Waals surface area contributed by atoms with Gasteiger partial charge >= 0.3 is 0 Å². The Bertz CT molecular complexity index is 964. The van der Waals surface area contributed by atoms with E-state index in [1.807, 2.05) is 54.1 Å². The van der Waals surface area contributed by atoms with E-state index in [9.17, 15) is 5.26 Å². The first-order valence-electron chi connectivity index (χ1n) is 7.44. The first-order valence-corrected chi connectivity index (χ1v) is 7.44. The Kier molecular flexibility index (Phi) is 4.21. The van der Waals surface area contributed by atoms with E-state index in [2.05, 4.69) is 11.1 Å². The van der Waals surface area contributed by atoms with E-state index in [1.165, 1.54) is 0 Å². The van der Waals surface area contributed by atoms with Gasteiger partial charge in [-0.05, 0) is 24.3 Å². The van der Waals surface area contributed by atoms with Crippen LogP contribution in [0.15, 0.2) is 42.5 Å². The van der Waals surface area contributed by atoms with Crippen LogP contribution in [0.3, 0.4) is 0 Å². The standard InChI is InChI=1S/C19H17N3O2/c1-22-16-9-5-4-8-15(16)21-19(22)14(12-20)11-13-7-6-10-17(23-2)18(13)24-3/h4-11H,1-3H3/b14-11-. The topological polar surface area (TPSA) is 60.1 Å². The van der Waals surface area contributed by atoms with Crippen molar-refractivity contribution in [3.05, 3.63) is 53.9 Å². The lowest BCUT2D eigenvalue weighted by Gasteiger charge is -2.10. The zero-order valence-electron chi connectivity index (χ0n) is 13.8. The number of hydrogen-bond acceptors (Lipinski definition) is 4. The van der Waals surface area contributed by atoms with Crippen molar-refractivity contribution in [3.8, 4) is 17.6 Å². The van der Waals surface area contributed by atoms with Crippen molar-refractivity contribution < 1.29 is 9.47 Å². The maximum Gasteiger partial charge on any atom is 0.167 e. The molecule has 0 amide bonds. The summed E-state index contributed by atoms with van der Waals surface area (Å²) >= 11 is 0. The summed E-state index contributed by atoms with van der Waals surface area (Å²) in [5, 5.41) is 9.64. The lowest BCUT2D eigenvalue weighted by molar-refractivity contribution is 0.354. The monoisotopic (exact) mass is 319 g/mol. The summed E-state index contributed by atoms with van der Waals surface area (Å²) in [6.45, 7) is 0. The number of ether oxygens (including phenoxy) is 2. The molecule has 0 saturated carbocycles. The number of para-hydroxylation sites is 3. The van der Waals surface area contributed by atoms with Gasteiger partial charge in [-0.3, -0.25) is 0 Å². The molecule has 0 N–H and O–H groups in total. The van der Waals surface area contributed by atoms with Crippen LogP contribution in [-0.2, 0) is 7.05 Å². The number of rotatable bonds is 4.